The maximum atomic E-state index is 10.4. The quantitative estimate of drug-likeness (QED) is 0.871. The third kappa shape index (κ3) is 2.06. The molecule has 96 valence electrons. The SMILES string of the molecule is CCc1ccc(C(C)C)c(-c2cc(N)on2)c1O. The highest BCUT2D eigenvalue weighted by Gasteiger charge is 2.18. The Hall–Kier alpha value is -1.97. The number of rotatable bonds is 3. The first-order valence-electron chi connectivity index (χ1n) is 6.11. The van der Waals surface area contributed by atoms with Crippen LogP contribution in [-0.4, -0.2) is 10.3 Å². The van der Waals surface area contributed by atoms with Crippen LogP contribution in [0.3, 0.4) is 0 Å². The van der Waals surface area contributed by atoms with Crippen LogP contribution in [0.2, 0.25) is 0 Å². The van der Waals surface area contributed by atoms with Crippen molar-refractivity contribution in [3.8, 4) is 17.0 Å². The van der Waals surface area contributed by atoms with Gasteiger partial charge in [0, 0.05) is 11.6 Å². The molecule has 4 heteroatoms. The average molecular weight is 246 g/mol. The van der Waals surface area contributed by atoms with E-state index in [1.54, 1.807) is 6.07 Å². The summed E-state index contributed by atoms with van der Waals surface area (Å²) in [5.41, 5.74) is 8.80. The number of phenolic OH excluding ortho intramolecular Hbond substituents is 1. The number of phenols is 1. The molecule has 1 aromatic carbocycles. The van der Waals surface area contributed by atoms with E-state index in [1.807, 2.05) is 19.1 Å². The number of nitrogens with two attached hydrogens (primary N) is 1. The minimum atomic E-state index is 0.251. The summed E-state index contributed by atoms with van der Waals surface area (Å²) in [5.74, 6) is 0.813. The molecule has 0 aliphatic rings. The molecule has 0 aliphatic heterocycles. The van der Waals surface area contributed by atoms with E-state index in [1.165, 1.54) is 0 Å². The van der Waals surface area contributed by atoms with Gasteiger partial charge in [-0.3, -0.25) is 0 Å². The second-order valence-corrected chi connectivity index (χ2v) is 4.66. The van der Waals surface area contributed by atoms with Gasteiger partial charge in [0.2, 0.25) is 5.88 Å². The molecule has 1 heterocycles. The first-order valence-corrected chi connectivity index (χ1v) is 6.11. The van der Waals surface area contributed by atoms with Gasteiger partial charge in [0.25, 0.3) is 0 Å². The van der Waals surface area contributed by atoms with Gasteiger partial charge in [0.1, 0.15) is 11.4 Å². The number of benzene rings is 1. The molecular weight excluding hydrogens is 228 g/mol. The van der Waals surface area contributed by atoms with E-state index >= 15 is 0 Å². The molecule has 2 aromatic rings. The van der Waals surface area contributed by atoms with Crippen LogP contribution >= 0.6 is 0 Å². The fraction of sp³-hybridized carbons (Fsp3) is 0.357. The zero-order chi connectivity index (χ0) is 13.3. The fourth-order valence-electron chi connectivity index (χ4n) is 2.09. The van der Waals surface area contributed by atoms with Crippen molar-refractivity contribution in [1.29, 1.82) is 0 Å². The summed E-state index contributed by atoms with van der Waals surface area (Å²) < 4.78 is 4.90. The molecular formula is C14H18N2O2. The summed E-state index contributed by atoms with van der Waals surface area (Å²) in [7, 11) is 0. The van der Waals surface area contributed by atoms with Crippen molar-refractivity contribution in [2.24, 2.45) is 0 Å². The molecule has 18 heavy (non-hydrogen) atoms. The topological polar surface area (TPSA) is 72.3 Å². The minimum Gasteiger partial charge on any atom is -0.507 e. The predicted molar refractivity (Wildman–Crippen MR) is 71.5 cm³/mol. The molecule has 3 N–H and O–H groups in total. The number of hydrogen-bond donors (Lipinski definition) is 2. The van der Waals surface area contributed by atoms with Crippen LogP contribution in [0.4, 0.5) is 5.88 Å². The van der Waals surface area contributed by atoms with Crippen molar-refractivity contribution in [3.05, 3.63) is 29.3 Å². The predicted octanol–water partition coefficient (Wildman–Crippen LogP) is 3.32. The lowest BCUT2D eigenvalue weighted by Crippen LogP contribution is -1.96. The Kier molecular flexibility index (Phi) is 3.28. The van der Waals surface area contributed by atoms with E-state index in [9.17, 15) is 5.11 Å². The molecule has 4 nitrogen and oxygen atoms in total. The Bertz CT molecular complexity index is 559. The lowest BCUT2D eigenvalue weighted by Gasteiger charge is -2.15. The Balaban J connectivity index is 2.68. The van der Waals surface area contributed by atoms with Gasteiger partial charge in [-0.15, -0.1) is 0 Å². The van der Waals surface area contributed by atoms with Crippen LogP contribution in [0, 0.1) is 0 Å². The van der Waals surface area contributed by atoms with Gasteiger partial charge in [0.05, 0.1) is 0 Å². The third-order valence-corrected chi connectivity index (χ3v) is 3.08. The van der Waals surface area contributed by atoms with Crippen LogP contribution in [-0.2, 0) is 6.42 Å². The van der Waals surface area contributed by atoms with E-state index in [4.69, 9.17) is 10.3 Å². The van der Waals surface area contributed by atoms with E-state index in [-0.39, 0.29) is 17.6 Å². The normalized spacial score (nSPS) is 11.1. The summed E-state index contributed by atoms with van der Waals surface area (Å²) >= 11 is 0. The Morgan fingerprint density at radius 1 is 1.39 bits per heavy atom. The van der Waals surface area contributed by atoms with Crippen molar-refractivity contribution in [2.75, 3.05) is 5.73 Å². The van der Waals surface area contributed by atoms with E-state index in [0.717, 1.165) is 23.1 Å². The zero-order valence-corrected chi connectivity index (χ0v) is 10.9. The Morgan fingerprint density at radius 2 is 2.11 bits per heavy atom. The molecule has 0 radical (unpaired) electrons. The lowest BCUT2D eigenvalue weighted by atomic mass is 9.92. The van der Waals surface area contributed by atoms with Crippen molar-refractivity contribution in [3.63, 3.8) is 0 Å². The number of aryl methyl sites for hydroxylation is 1. The standard InChI is InChI=1S/C14H18N2O2/c1-4-9-5-6-10(8(2)3)13(14(9)17)11-7-12(15)18-16-11/h5-8,17H,4,15H2,1-3H3. The largest absolute Gasteiger partial charge is 0.507 e. The molecule has 2 rings (SSSR count). The highest BCUT2D eigenvalue weighted by atomic mass is 16.5. The Labute approximate surface area is 106 Å². The molecule has 0 spiro atoms. The molecule has 0 aliphatic carbocycles. The summed E-state index contributed by atoms with van der Waals surface area (Å²) in [6.45, 7) is 6.16. The van der Waals surface area contributed by atoms with Crippen molar-refractivity contribution >= 4 is 5.88 Å². The molecule has 0 bridgehead atoms. The van der Waals surface area contributed by atoms with Gasteiger partial charge in [-0.2, -0.15) is 0 Å². The summed E-state index contributed by atoms with van der Waals surface area (Å²) in [6, 6.07) is 5.63. The second kappa shape index (κ2) is 4.72. The summed E-state index contributed by atoms with van der Waals surface area (Å²) in [4.78, 5) is 0. The van der Waals surface area contributed by atoms with Crippen molar-refractivity contribution in [1.82, 2.24) is 5.16 Å². The van der Waals surface area contributed by atoms with Gasteiger partial charge < -0.3 is 15.4 Å². The van der Waals surface area contributed by atoms with Gasteiger partial charge in [-0.1, -0.05) is 38.1 Å². The Morgan fingerprint density at radius 3 is 2.61 bits per heavy atom. The monoisotopic (exact) mass is 246 g/mol. The summed E-state index contributed by atoms with van der Waals surface area (Å²) in [6.07, 6.45) is 0.768. The van der Waals surface area contributed by atoms with Crippen LogP contribution in [0.15, 0.2) is 22.7 Å². The van der Waals surface area contributed by atoms with Gasteiger partial charge in [-0.05, 0) is 23.5 Å². The summed E-state index contributed by atoms with van der Waals surface area (Å²) in [5, 5.41) is 14.3. The smallest absolute Gasteiger partial charge is 0.222 e. The maximum Gasteiger partial charge on any atom is 0.222 e. The molecule has 0 saturated heterocycles. The van der Waals surface area contributed by atoms with Crippen LogP contribution in [0.1, 0.15) is 37.8 Å². The minimum absolute atomic E-state index is 0.251. The molecule has 0 atom stereocenters. The number of nitrogens with zero attached hydrogens (tertiary/aromatic N) is 1. The average Bonchev–Trinajstić information content (AvgIpc) is 2.74. The second-order valence-electron chi connectivity index (χ2n) is 4.66. The molecule has 0 fully saturated rings. The van der Waals surface area contributed by atoms with Crippen LogP contribution in [0.25, 0.3) is 11.3 Å². The number of anilines is 1. The molecule has 1 aromatic heterocycles. The van der Waals surface area contributed by atoms with Crippen molar-refractivity contribution < 1.29 is 9.63 Å². The maximum absolute atomic E-state index is 10.4. The zero-order valence-electron chi connectivity index (χ0n) is 10.9. The fourth-order valence-corrected chi connectivity index (χ4v) is 2.09. The third-order valence-electron chi connectivity index (χ3n) is 3.08. The molecule has 0 unspecified atom stereocenters. The molecule has 0 saturated carbocycles. The van der Waals surface area contributed by atoms with Gasteiger partial charge in [-0.25, -0.2) is 0 Å². The van der Waals surface area contributed by atoms with E-state index in [0.29, 0.717) is 5.69 Å². The van der Waals surface area contributed by atoms with Crippen LogP contribution < -0.4 is 5.73 Å². The highest BCUT2D eigenvalue weighted by Crippen LogP contribution is 2.38. The van der Waals surface area contributed by atoms with Crippen molar-refractivity contribution in [2.45, 2.75) is 33.1 Å². The first kappa shape index (κ1) is 12.5. The van der Waals surface area contributed by atoms with E-state index < -0.39 is 0 Å². The number of nitrogen functional groups attached to an aromatic ring is 1. The highest BCUT2D eigenvalue weighted by molar-refractivity contribution is 5.74. The van der Waals surface area contributed by atoms with Gasteiger partial charge >= 0.3 is 0 Å². The molecule has 0 amide bonds. The number of aromatic hydroxyl groups is 1. The number of aromatic nitrogens is 1. The lowest BCUT2D eigenvalue weighted by molar-refractivity contribution is 0.436. The van der Waals surface area contributed by atoms with Gasteiger partial charge in [0.15, 0.2) is 0 Å². The van der Waals surface area contributed by atoms with E-state index in [2.05, 4.69) is 19.0 Å². The van der Waals surface area contributed by atoms with Crippen LogP contribution in [0.5, 0.6) is 5.75 Å². The number of hydrogen-bond acceptors (Lipinski definition) is 4. The first-order chi connectivity index (χ1) is 8.54.